The molecule has 1 fully saturated rings. The maximum absolute atomic E-state index is 12.3. The van der Waals surface area contributed by atoms with Crippen LogP contribution >= 0.6 is 46.4 Å². The van der Waals surface area contributed by atoms with Gasteiger partial charge in [0.15, 0.2) is 0 Å². The van der Waals surface area contributed by atoms with Gasteiger partial charge in [-0.2, -0.15) is 0 Å². The molecule has 25 heavy (non-hydrogen) atoms. The van der Waals surface area contributed by atoms with Gasteiger partial charge in [0.25, 0.3) is 11.8 Å². The fourth-order valence-corrected chi connectivity index (χ4v) is 2.84. The molecule has 1 aromatic carbocycles. The normalized spacial score (nSPS) is 13.4. The molecule has 2 aromatic rings. The molecule has 0 unspecified atom stereocenters. The second-order valence-corrected chi connectivity index (χ2v) is 6.96. The highest BCUT2D eigenvalue weighted by molar-refractivity contribution is 6.52. The highest BCUT2D eigenvalue weighted by atomic mass is 35.5. The zero-order valence-electron chi connectivity index (χ0n) is 12.6. The van der Waals surface area contributed by atoms with Crippen molar-refractivity contribution < 1.29 is 9.59 Å². The lowest BCUT2D eigenvalue weighted by Gasteiger charge is -2.09. The number of nitrogens with zero attached hydrogens (tertiary/aromatic N) is 1. The summed E-state index contributed by atoms with van der Waals surface area (Å²) in [6.45, 7) is 0. The number of benzene rings is 1. The van der Waals surface area contributed by atoms with E-state index in [0.29, 0.717) is 11.3 Å². The summed E-state index contributed by atoms with van der Waals surface area (Å²) in [6, 6.07) is 6.72. The van der Waals surface area contributed by atoms with Crippen LogP contribution in [0.2, 0.25) is 20.2 Å². The third kappa shape index (κ3) is 4.18. The molecule has 1 saturated carbocycles. The molecule has 9 heteroatoms. The third-order valence-electron chi connectivity index (χ3n) is 3.52. The van der Waals surface area contributed by atoms with E-state index in [0.717, 1.165) is 12.8 Å². The van der Waals surface area contributed by atoms with Crippen molar-refractivity contribution >= 4 is 63.9 Å². The number of pyridine rings is 1. The zero-order chi connectivity index (χ0) is 18.1. The average Bonchev–Trinajstić information content (AvgIpc) is 3.40. The standard InChI is InChI=1S/C16H11Cl4N3O2/c17-10-11(18)13(23-14(20)12(10)19)16(25)22-8-3-1-7(2-4-8)15(24)21-9-5-6-9/h1-4,9H,5-6H2,(H,21,24)(H,22,25). The Morgan fingerprint density at radius 2 is 1.56 bits per heavy atom. The lowest BCUT2D eigenvalue weighted by molar-refractivity contribution is 0.0950. The Morgan fingerprint density at radius 1 is 0.920 bits per heavy atom. The summed E-state index contributed by atoms with van der Waals surface area (Å²) < 4.78 is 0. The molecule has 0 atom stereocenters. The minimum absolute atomic E-state index is 0.0177. The molecular formula is C16H11Cl4N3O2. The minimum atomic E-state index is -0.597. The van der Waals surface area contributed by atoms with Crippen LogP contribution in [0, 0.1) is 0 Å². The number of halogens is 4. The van der Waals surface area contributed by atoms with E-state index >= 15 is 0 Å². The van der Waals surface area contributed by atoms with Gasteiger partial charge in [0.2, 0.25) is 0 Å². The maximum Gasteiger partial charge on any atom is 0.275 e. The Hall–Kier alpha value is -1.53. The summed E-state index contributed by atoms with van der Waals surface area (Å²) >= 11 is 23.6. The number of rotatable bonds is 4. The smallest absolute Gasteiger partial charge is 0.275 e. The first-order valence-corrected chi connectivity index (χ1v) is 8.80. The molecule has 5 nitrogen and oxygen atoms in total. The van der Waals surface area contributed by atoms with E-state index in [1.807, 2.05) is 0 Å². The Bertz CT molecular complexity index is 851. The van der Waals surface area contributed by atoms with Crippen LogP contribution in [-0.4, -0.2) is 22.8 Å². The summed E-state index contributed by atoms with van der Waals surface area (Å²) in [5, 5.41) is 5.24. The monoisotopic (exact) mass is 417 g/mol. The van der Waals surface area contributed by atoms with Gasteiger partial charge in [-0.1, -0.05) is 46.4 Å². The molecule has 1 aliphatic carbocycles. The van der Waals surface area contributed by atoms with Crippen LogP contribution in [0.3, 0.4) is 0 Å². The maximum atomic E-state index is 12.3. The van der Waals surface area contributed by atoms with Gasteiger partial charge in [-0.05, 0) is 37.1 Å². The van der Waals surface area contributed by atoms with Crippen LogP contribution in [0.5, 0.6) is 0 Å². The fraction of sp³-hybridized carbons (Fsp3) is 0.188. The number of carbonyl (C=O) groups excluding carboxylic acids is 2. The second-order valence-electron chi connectivity index (χ2n) is 5.47. The SMILES string of the molecule is O=C(NC1CC1)c1ccc(NC(=O)c2nc(Cl)c(Cl)c(Cl)c2Cl)cc1. The quantitative estimate of drug-likeness (QED) is 0.697. The van der Waals surface area contributed by atoms with E-state index in [-0.39, 0.29) is 37.9 Å². The minimum Gasteiger partial charge on any atom is -0.349 e. The molecule has 2 N–H and O–H groups in total. The number of anilines is 1. The molecule has 0 spiro atoms. The Balaban J connectivity index is 1.74. The molecule has 0 aliphatic heterocycles. The molecule has 0 saturated heterocycles. The van der Waals surface area contributed by atoms with Gasteiger partial charge in [-0.25, -0.2) is 4.98 Å². The predicted octanol–water partition coefficient (Wildman–Crippen LogP) is 4.84. The van der Waals surface area contributed by atoms with E-state index in [1.165, 1.54) is 0 Å². The Kier molecular flexibility index (Phi) is 5.39. The summed E-state index contributed by atoms with van der Waals surface area (Å²) in [5.41, 5.74) is 0.836. The molecule has 130 valence electrons. The van der Waals surface area contributed by atoms with E-state index in [9.17, 15) is 9.59 Å². The van der Waals surface area contributed by atoms with E-state index in [1.54, 1.807) is 24.3 Å². The van der Waals surface area contributed by atoms with Crippen LogP contribution in [0.25, 0.3) is 0 Å². The second kappa shape index (κ2) is 7.38. The van der Waals surface area contributed by atoms with Crippen molar-refractivity contribution in [3.63, 3.8) is 0 Å². The predicted molar refractivity (Wildman–Crippen MR) is 99.2 cm³/mol. The van der Waals surface area contributed by atoms with Gasteiger partial charge < -0.3 is 10.6 Å². The van der Waals surface area contributed by atoms with Crippen molar-refractivity contribution in [2.75, 3.05) is 5.32 Å². The van der Waals surface area contributed by atoms with Gasteiger partial charge >= 0.3 is 0 Å². The van der Waals surface area contributed by atoms with Gasteiger partial charge in [-0.15, -0.1) is 0 Å². The number of hydrogen-bond acceptors (Lipinski definition) is 3. The first kappa shape index (κ1) is 18.3. The summed E-state index contributed by atoms with van der Waals surface area (Å²) in [7, 11) is 0. The number of aromatic nitrogens is 1. The van der Waals surface area contributed by atoms with Crippen LogP contribution in [0.15, 0.2) is 24.3 Å². The Morgan fingerprint density at radius 3 is 2.16 bits per heavy atom. The highest BCUT2D eigenvalue weighted by Crippen LogP contribution is 2.36. The largest absolute Gasteiger partial charge is 0.349 e. The fourth-order valence-electron chi connectivity index (χ4n) is 2.03. The van der Waals surface area contributed by atoms with Gasteiger partial charge in [0, 0.05) is 17.3 Å². The van der Waals surface area contributed by atoms with Crippen molar-refractivity contribution in [1.29, 1.82) is 0 Å². The number of hydrogen-bond donors (Lipinski definition) is 2. The first-order valence-electron chi connectivity index (χ1n) is 7.29. The molecule has 3 rings (SSSR count). The van der Waals surface area contributed by atoms with Crippen LogP contribution in [-0.2, 0) is 0 Å². The summed E-state index contributed by atoms with van der Waals surface area (Å²) in [4.78, 5) is 28.1. The first-order chi connectivity index (χ1) is 11.9. The van der Waals surface area contributed by atoms with Crippen LogP contribution in [0.4, 0.5) is 5.69 Å². The molecular weight excluding hydrogens is 408 g/mol. The van der Waals surface area contributed by atoms with Crippen molar-refractivity contribution in [3.8, 4) is 0 Å². The zero-order valence-corrected chi connectivity index (χ0v) is 15.6. The van der Waals surface area contributed by atoms with Gasteiger partial charge in [0.1, 0.15) is 10.8 Å². The third-order valence-corrected chi connectivity index (χ3v) is 5.19. The molecule has 1 aromatic heterocycles. The molecule has 2 amide bonds. The van der Waals surface area contributed by atoms with Crippen molar-refractivity contribution in [2.45, 2.75) is 18.9 Å². The Labute approximate surface area is 163 Å². The highest BCUT2D eigenvalue weighted by Gasteiger charge is 2.24. The number of nitrogens with one attached hydrogen (secondary N) is 2. The van der Waals surface area contributed by atoms with Crippen molar-refractivity contribution in [1.82, 2.24) is 10.3 Å². The summed E-state index contributed by atoms with van der Waals surface area (Å²) in [5.74, 6) is -0.734. The molecule has 0 radical (unpaired) electrons. The molecule has 0 bridgehead atoms. The van der Waals surface area contributed by atoms with Gasteiger partial charge in [0.05, 0.1) is 15.1 Å². The lowest BCUT2D eigenvalue weighted by Crippen LogP contribution is -2.25. The van der Waals surface area contributed by atoms with E-state index in [4.69, 9.17) is 46.4 Å². The lowest BCUT2D eigenvalue weighted by atomic mass is 10.2. The number of carbonyl (C=O) groups is 2. The van der Waals surface area contributed by atoms with E-state index in [2.05, 4.69) is 15.6 Å². The van der Waals surface area contributed by atoms with Crippen molar-refractivity contribution in [2.24, 2.45) is 0 Å². The molecule has 1 aliphatic rings. The molecule has 1 heterocycles. The van der Waals surface area contributed by atoms with Crippen LogP contribution < -0.4 is 10.6 Å². The summed E-state index contributed by atoms with van der Waals surface area (Å²) in [6.07, 6.45) is 2.03. The van der Waals surface area contributed by atoms with Gasteiger partial charge in [-0.3, -0.25) is 9.59 Å². The number of amides is 2. The topological polar surface area (TPSA) is 71.1 Å². The average molecular weight is 419 g/mol. The van der Waals surface area contributed by atoms with Crippen molar-refractivity contribution in [3.05, 3.63) is 55.7 Å². The van der Waals surface area contributed by atoms with E-state index < -0.39 is 5.91 Å². The van der Waals surface area contributed by atoms with Crippen LogP contribution in [0.1, 0.15) is 33.7 Å².